The van der Waals surface area contributed by atoms with Gasteiger partial charge >= 0.3 is 0 Å². The van der Waals surface area contributed by atoms with Gasteiger partial charge in [-0.2, -0.15) is 11.8 Å². The van der Waals surface area contributed by atoms with Gasteiger partial charge in [-0.25, -0.2) is 10.9 Å². The first kappa shape index (κ1) is 11.4. The number of imide groups is 1. The molecule has 12 heavy (non-hydrogen) atoms. The Kier molecular flexibility index (Phi) is 4.92. The first-order valence-electron chi connectivity index (χ1n) is 3.81. The molecule has 1 aliphatic heterocycles. The number of carbonyl (C=O) groups excluding carboxylic acids is 2. The molecule has 1 saturated heterocycles. The van der Waals surface area contributed by atoms with Gasteiger partial charge < -0.3 is 0 Å². The summed E-state index contributed by atoms with van der Waals surface area (Å²) in [6.07, 6.45) is 2.03. The van der Waals surface area contributed by atoms with Crippen molar-refractivity contribution in [3.8, 4) is 0 Å². The Morgan fingerprint density at radius 3 is 2.17 bits per heavy atom. The van der Waals surface area contributed by atoms with Crippen LogP contribution in [0.4, 0.5) is 0 Å². The average Bonchev–Trinajstić information content (AvgIpc) is 2.36. The smallest absolute Gasteiger partial charge is 0.257 e. The van der Waals surface area contributed by atoms with Crippen LogP contribution in [0, 0.1) is 0 Å². The van der Waals surface area contributed by atoms with Crippen molar-refractivity contribution in [3.63, 3.8) is 0 Å². The van der Waals surface area contributed by atoms with Crippen molar-refractivity contribution in [3.05, 3.63) is 0 Å². The van der Waals surface area contributed by atoms with Crippen LogP contribution < -0.4 is 5.84 Å². The zero-order chi connectivity index (χ0) is 9.72. The monoisotopic (exact) mass is 190 g/mol. The van der Waals surface area contributed by atoms with Gasteiger partial charge in [-0.05, 0) is 6.26 Å². The van der Waals surface area contributed by atoms with Gasteiger partial charge in [0.1, 0.15) is 0 Å². The molecule has 0 aliphatic carbocycles. The third kappa shape index (κ3) is 2.22. The highest BCUT2D eigenvalue weighted by Crippen LogP contribution is 2.19. The number of rotatable bonds is 1. The van der Waals surface area contributed by atoms with E-state index < -0.39 is 0 Å². The third-order valence-corrected chi connectivity index (χ3v) is 2.36. The summed E-state index contributed by atoms with van der Waals surface area (Å²) in [6.45, 7) is 4.00. The fourth-order valence-electron chi connectivity index (χ4n) is 0.806. The van der Waals surface area contributed by atoms with Gasteiger partial charge in [-0.3, -0.25) is 9.59 Å². The maximum Gasteiger partial charge on any atom is 0.257 e. The van der Waals surface area contributed by atoms with E-state index in [4.69, 9.17) is 5.84 Å². The molecule has 0 bridgehead atoms. The van der Waals surface area contributed by atoms with Crippen LogP contribution in [0.25, 0.3) is 0 Å². The van der Waals surface area contributed by atoms with Crippen molar-refractivity contribution in [1.29, 1.82) is 0 Å². The van der Waals surface area contributed by atoms with Crippen LogP contribution in [0.3, 0.4) is 0 Å². The number of thioether (sulfide) groups is 1. The molecule has 1 atom stereocenters. The second-order valence-electron chi connectivity index (χ2n) is 2.03. The third-order valence-electron chi connectivity index (χ3n) is 1.43. The summed E-state index contributed by atoms with van der Waals surface area (Å²) >= 11 is 1.36. The lowest BCUT2D eigenvalue weighted by Crippen LogP contribution is -2.37. The Hall–Kier alpha value is -0.550. The molecule has 1 aliphatic rings. The molecule has 1 rings (SSSR count). The molecular weight excluding hydrogens is 176 g/mol. The van der Waals surface area contributed by atoms with Gasteiger partial charge in [-0.1, -0.05) is 13.8 Å². The molecule has 1 fully saturated rings. The van der Waals surface area contributed by atoms with Gasteiger partial charge in [-0.15, -0.1) is 0 Å². The second-order valence-corrected chi connectivity index (χ2v) is 3.07. The molecule has 1 unspecified atom stereocenters. The lowest BCUT2D eigenvalue weighted by molar-refractivity contribution is -0.138. The minimum Gasteiger partial charge on any atom is -0.273 e. The van der Waals surface area contributed by atoms with Gasteiger partial charge in [0.2, 0.25) is 5.91 Å². The highest BCUT2D eigenvalue weighted by Gasteiger charge is 2.35. The number of hydrazine groups is 1. The summed E-state index contributed by atoms with van der Waals surface area (Å²) in [6, 6.07) is 0. The van der Waals surface area contributed by atoms with E-state index in [-0.39, 0.29) is 23.5 Å². The minimum atomic E-state index is -0.288. The van der Waals surface area contributed by atoms with E-state index in [0.29, 0.717) is 5.01 Å². The van der Waals surface area contributed by atoms with E-state index in [2.05, 4.69) is 0 Å². The molecule has 0 saturated carbocycles. The van der Waals surface area contributed by atoms with Crippen LogP contribution in [-0.2, 0) is 9.59 Å². The predicted octanol–water partition coefficient (Wildman–Crippen LogP) is 0.377. The van der Waals surface area contributed by atoms with Crippen LogP contribution in [0.2, 0.25) is 0 Å². The fourth-order valence-corrected chi connectivity index (χ4v) is 1.43. The SMILES string of the molecule is CC.CSC1CC(=O)N(N)C1=O. The van der Waals surface area contributed by atoms with Crippen molar-refractivity contribution < 1.29 is 9.59 Å². The molecule has 4 nitrogen and oxygen atoms in total. The largest absolute Gasteiger partial charge is 0.273 e. The Bertz CT molecular complexity index is 184. The maximum absolute atomic E-state index is 10.9. The van der Waals surface area contributed by atoms with E-state index in [9.17, 15) is 9.59 Å². The van der Waals surface area contributed by atoms with E-state index in [1.807, 2.05) is 13.8 Å². The van der Waals surface area contributed by atoms with Gasteiger partial charge in [0, 0.05) is 6.42 Å². The fraction of sp³-hybridized carbons (Fsp3) is 0.714. The second kappa shape index (κ2) is 5.16. The van der Waals surface area contributed by atoms with E-state index in [1.165, 1.54) is 11.8 Å². The molecule has 70 valence electrons. The highest BCUT2D eigenvalue weighted by atomic mass is 32.2. The molecule has 0 aromatic carbocycles. The zero-order valence-corrected chi connectivity index (χ0v) is 8.35. The molecule has 0 aromatic rings. The summed E-state index contributed by atoms with van der Waals surface area (Å²) in [4.78, 5) is 21.6. The molecule has 0 aromatic heterocycles. The molecule has 5 heteroatoms. The summed E-state index contributed by atoms with van der Waals surface area (Å²) < 4.78 is 0. The molecule has 0 spiro atoms. The van der Waals surface area contributed by atoms with E-state index in [1.54, 1.807) is 6.26 Å². The van der Waals surface area contributed by atoms with Crippen molar-refractivity contribution in [2.24, 2.45) is 5.84 Å². The zero-order valence-electron chi connectivity index (χ0n) is 7.53. The van der Waals surface area contributed by atoms with Gasteiger partial charge in [0.15, 0.2) is 0 Å². The number of nitrogens with zero attached hydrogens (tertiary/aromatic N) is 1. The maximum atomic E-state index is 10.9. The molecule has 2 N–H and O–H groups in total. The van der Waals surface area contributed by atoms with Crippen LogP contribution in [0.5, 0.6) is 0 Å². The van der Waals surface area contributed by atoms with E-state index >= 15 is 0 Å². The Balaban J connectivity index is 0.000000561. The molecule has 2 amide bonds. The standard InChI is InChI=1S/C5H8N2O2S.C2H6/c1-10-3-2-4(8)7(6)5(3)9;1-2/h3H,2,6H2,1H3;1-2H3. The van der Waals surface area contributed by atoms with Crippen molar-refractivity contribution in [1.82, 2.24) is 5.01 Å². The Morgan fingerprint density at radius 2 is 2.00 bits per heavy atom. The first-order chi connectivity index (χ1) is 5.66. The predicted molar refractivity (Wildman–Crippen MR) is 49.3 cm³/mol. The number of nitrogens with two attached hydrogens (primary N) is 1. The van der Waals surface area contributed by atoms with Crippen LogP contribution >= 0.6 is 11.8 Å². The number of carbonyl (C=O) groups is 2. The highest BCUT2D eigenvalue weighted by molar-refractivity contribution is 8.00. The van der Waals surface area contributed by atoms with Gasteiger partial charge in [0.05, 0.1) is 5.25 Å². The summed E-state index contributed by atoms with van der Waals surface area (Å²) in [5.74, 6) is 4.54. The lowest BCUT2D eigenvalue weighted by Gasteiger charge is -2.04. The van der Waals surface area contributed by atoms with Crippen LogP contribution in [0.15, 0.2) is 0 Å². The summed E-state index contributed by atoms with van der Waals surface area (Å²) in [5.41, 5.74) is 0. The number of hydrogen-bond donors (Lipinski definition) is 1. The topological polar surface area (TPSA) is 63.4 Å². The minimum absolute atomic E-state index is 0.247. The Labute approximate surface area is 76.4 Å². The quantitative estimate of drug-likeness (QED) is 0.369. The van der Waals surface area contributed by atoms with Crippen LogP contribution in [0.1, 0.15) is 20.3 Å². The van der Waals surface area contributed by atoms with Crippen molar-refractivity contribution in [2.75, 3.05) is 6.26 Å². The lowest BCUT2D eigenvalue weighted by atomic mass is 10.4. The summed E-state index contributed by atoms with van der Waals surface area (Å²) in [7, 11) is 0. The van der Waals surface area contributed by atoms with Crippen molar-refractivity contribution in [2.45, 2.75) is 25.5 Å². The molecule has 0 radical (unpaired) electrons. The number of amides is 2. The van der Waals surface area contributed by atoms with E-state index in [0.717, 1.165) is 0 Å². The van der Waals surface area contributed by atoms with Crippen LogP contribution in [-0.4, -0.2) is 28.3 Å². The molecular formula is C7H14N2O2S. The average molecular weight is 190 g/mol. The Morgan fingerprint density at radius 1 is 1.50 bits per heavy atom. The van der Waals surface area contributed by atoms with Crippen molar-refractivity contribution >= 4 is 23.6 Å². The summed E-state index contributed by atoms with van der Waals surface area (Å²) in [5, 5.41) is 0.443. The number of hydrogen-bond acceptors (Lipinski definition) is 4. The van der Waals surface area contributed by atoms with Gasteiger partial charge in [0.25, 0.3) is 5.91 Å². The molecule has 1 heterocycles. The normalized spacial score (nSPS) is 22.3. The first-order valence-corrected chi connectivity index (χ1v) is 5.10.